The number of tetrazole rings is 1. The second kappa shape index (κ2) is 11.8. The Morgan fingerprint density at radius 2 is 1.82 bits per heavy atom. The van der Waals surface area contributed by atoms with Crippen LogP contribution in [0.5, 0.6) is 5.75 Å². The Balaban J connectivity index is 1.24. The van der Waals surface area contributed by atoms with Gasteiger partial charge >= 0.3 is 0 Å². The molecule has 0 radical (unpaired) electrons. The molecule has 0 bridgehead atoms. The van der Waals surface area contributed by atoms with Gasteiger partial charge in [-0.1, -0.05) is 59.8 Å². The van der Waals surface area contributed by atoms with Gasteiger partial charge in [0.15, 0.2) is 0 Å². The minimum absolute atomic E-state index is 0.161. The van der Waals surface area contributed by atoms with E-state index >= 15 is 0 Å². The van der Waals surface area contributed by atoms with E-state index in [0.29, 0.717) is 22.9 Å². The Kier molecular flexibility index (Phi) is 8.30. The first-order valence-electron chi connectivity index (χ1n) is 10.5. The summed E-state index contributed by atoms with van der Waals surface area (Å²) in [6, 6.07) is 21.9. The summed E-state index contributed by atoms with van der Waals surface area (Å²) in [6.07, 6.45) is 0.929. The fraction of sp³-hybridized carbons (Fsp3) is 0.208. The van der Waals surface area contributed by atoms with Crippen LogP contribution in [0.25, 0.3) is 5.69 Å². The molecule has 0 aliphatic carbocycles. The highest BCUT2D eigenvalue weighted by Crippen LogP contribution is 2.24. The Morgan fingerprint density at radius 1 is 1.00 bits per heavy atom. The molecule has 33 heavy (non-hydrogen) atoms. The number of thioether (sulfide) groups is 1. The van der Waals surface area contributed by atoms with E-state index in [2.05, 4.69) is 20.8 Å². The van der Waals surface area contributed by atoms with Crippen LogP contribution >= 0.6 is 23.4 Å². The molecule has 1 aromatic heterocycles. The standard InChI is InChI=1S/C24H23ClFN5OS/c25-20-11-12-23(32-17-18-7-4-5-10-22(18)26)19(15-20)16-27-13-6-14-33-24-28-29-30-31(24)21-8-2-1-3-9-21/h1-5,7-12,15,27H,6,13-14,16-17H2. The van der Waals surface area contributed by atoms with Crippen molar-refractivity contribution in [2.75, 3.05) is 12.3 Å². The number of ether oxygens (including phenoxy) is 1. The topological polar surface area (TPSA) is 64.9 Å². The zero-order chi connectivity index (χ0) is 22.9. The number of hydrogen-bond acceptors (Lipinski definition) is 6. The van der Waals surface area contributed by atoms with Crippen LogP contribution in [0.3, 0.4) is 0 Å². The Labute approximate surface area is 201 Å². The van der Waals surface area contributed by atoms with Gasteiger partial charge in [-0.2, -0.15) is 4.68 Å². The highest BCUT2D eigenvalue weighted by molar-refractivity contribution is 7.99. The molecule has 0 amide bonds. The fourth-order valence-corrected chi connectivity index (χ4v) is 4.21. The van der Waals surface area contributed by atoms with Crippen LogP contribution in [-0.2, 0) is 13.2 Å². The molecule has 0 fully saturated rings. The SMILES string of the molecule is Fc1ccccc1COc1ccc(Cl)cc1CNCCCSc1nnnn1-c1ccccc1. The van der Waals surface area contributed by atoms with Crippen molar-refractivity contribution < 1.29 is 9.13 Å². The lowest BCUT2D eigenvalue weighted by molar-refractivity contribution is 0.296. The Morgan fingerprint density at radius 3 is 2.67 bits per heavy atom. The molecule has 0 unspecified atom stereocenters. The van der Waals surface area contributed by atoms with Gasteiger partial charge in [-0.3, -0.25) is 0 Å². The van der Waals surface area contributed by atoms with Gasteiger partial charge in [-0.15, -0.1) is 5.10 Å². The van der Waals surface area contributed by atoms with Gasteiger partial charge in [0.25, 0.3) is 0 Å². The molecule has 6 nitrogen and oxygen atoms in total. The van der Waals surface area contributed by atoms with Gasteiger partial charge in [0, 0.05) is 28.4 Å². The first-order valence-corrected chi connectivity index (χ1v) is 11.9. The molecular formula is C24H23ClFN5OS. The maximum absolute atomic E-state index is 13.9. The second-order valence-electron chi connectivity index (χ2n) is 7.22. The summed E-state index contributed by atoms with van der Waals surface area (Å²) in [6.45, 7) is 1.56. The van der Waals surface area contributed by atoms with Crippen molar-refractivity contribution >= 4 is 23.4 Å². The van der Waals surface area contributed by atoms with Gasteiger partial charge in [0.2, 0.25) is 5.16 Å². The van der Waals surface area contributed by atoms with Crippen molar-refractivity contribution in [3.8, 4) is 11.4 Å². The predicted molar refractivity (Wildman–Crippen MR) is 128 cm³/mol. The minimum Gasteiger partial charge on any atom is -0.488 e. The van der Waals surface area contributed by atoms with E-state index in [1.807, 2.05) is 42.5 Å². The van der Waals surface area contributed by atoms with Gasteiger partial charge < -0.3 is 10.1 Å². The van der Waals surface area contributed by atoms with Gasteiger partial charge in [-0.25, -0.2) is 4.39 Å². The van der Waals surface area contributed by atoms with Crippen molar-refractivity contribution in [3.05, 3.63) is 94.8 Å². The second-order valence-corrected chi connectivity index (χ2v) is 8.72. The first kappa shape index (κ1) is 23.2. The van der Waals surface area contributed by atoms with E-state index in [-0.39, 0.29) is 12.4 Å². The summed E-state index contributed by atoms with van der Waals surface area (Å²) in [4.78, 5) is 0. The molecule has 0 aliphatic rings. The van der Waals surface area contributed by atoms with Gasteiger partial charge in [-0.05, 0) is 59.8 Å². The lowest BCUT2D eigenvalue weighted by Gasteiger charge is -2.13. The molecule has 1 N–H and O–H groups in total. The lowest BCUT2D eigenvalue weighted by atomic mass is 10.2. The molecule has 4 aromatic rings. The third kappa shape index (κ3) is 6.54. The molecule has 1 heterocycles. The van der Waals surface area contributed by atoms with Crippen LogP contribution in [0.2, 0.25) is 5.02 Å². The van der Waals surface area contributed by atoms with E-state index in [0.717, 1.165) is 35.1 Å². The van der Waals surface area contributed by atoms with E-state index in [4.69, 9.17) is 16.3 Å². The molecule has 9 heteroatoms. The third-order valence-corrected chi connectivity index (χ3v) is 6.09. The van der Waals surface area contributed by atoms with Crippen LogP contribution in [0.4, 0.5) is 4.39 Å². The summed E-state index contributed by atoms with van der Waals surface area (Å²) in [5, 5.41) is 16.8. The van der Waals surface area contributed by atoms with E-state index in [1.54, 1.807) is 40.7 Å². The minimum atomic E-state index is -0.276. The number of nitrogens with zero attached hydrogens (tertiary/aromatic N) is 4. The zero-order valence-corrected chi connectivity index (χ0v) is 19.4. The van der Waals surface area contributed by atoms with Crippen molar-refractivity contribution in [3.63, 3.8) is 0 Å². The molecular weight excluding hydrogens is 461 g/mol. The largest absolute Gasteiger partial charge is 0.488 e. The maximum Gasteiger partial charge on any atom is 0.214 e. The Bertz CT molecular complexity index is 1170. The van der Waals surface area contributed by atoms with Crippen LogP contribution < -0.4 is 10.1 Å². The molecule has 170 valence electrons. The van der Waals surface area contributed by atoms with E-state index in [1.165, 1.54) is 6.07 Å². The third-order valence-electron chi connectivity index (χ3n) is 4.85. The fourth-order valence-electron chi connectivity index (χ4n) is 3.18. The van der Waals surface area contributed by atoms with Crippen LogP contribution in [0, 0.1) is 5.82 Å². The zero-order valence-electron chi connectivity index (χ0n) is 17.8. The molecule has 0 atom stereocenters. The number of para-hydroxylation sites is 1. The highest BCUT2D eigenvalue weighted by Gasteiger charge is 2.09. The molecule has 3 aromatic carbocycles. The Hall–Kier alpha value is -2.94. The van der Waals surface area contributed by atoms with Crippen molar-refractivity contribution in [2.45, 2.75) is 24.7 Å². The van der Waals surface area contributed by atoms with E-state index in [9.17, 15) is 4.39 Å². The maximum atomic E-state index is 13.9. The molecule has 0 spiro atoms. The van der Waals surface area contributed by atoms with Crippen LogP contribution in [-0.4, -0.2) is 32.5 Å². The summed E-state index contributed by atoms with van der Waals surface area (Å²) in [5.74, 6) is 1.28. The normalized spacial score (nSPS) is 11.0. The predicted octanol–water partition coefficient (Wildman–Crippen LogP) is 5.31. The summed E-state index contributed by atoms with van der Waals surface area (Å²) < 4.78 is 21.5. The number of rotatable bonds is 11. The van der Waals surface area contributed by atoms with E-state index < -0.39 is 0 Å². The smallest absolute Gasteiger partial charge is 0.214 e. The average Bonchev–Trinajstić information content (AvgIpc) is 3.31. The highest BCUT2D eigenvalue weighted by atomic mass is 35.5. The van der Waals surface area contributed by atoms with Crippen LogP contribution in [0.15, 0.2) is 78.0 Å². The van der Waals surface area contributed by atoms with Gasteiger partial charge in [0.1, 0.15) is 18.2 Å². The van der Waals surface area contributed by atoms with Crippen molar-refractivity contribution in [2.24, 2.45) is 0 Å². The summed E-state index contributed by atoms with van der Waals surface area (Å²) in [5.41, 5.74) is 2.38. The van der Waals surface area contributed by atoms with Gasteiger partial charge in [0.05, 0.1) is 5.69 Å². The molecule has 4 rings (SSSR count). The number of nitrogens with one attached hydrogen (secondary N) is 1. The number of halogens is 2. The molecule has 0 saturated heterocycles. The monoisotopic (exact) mass is 483 g/mol. The summed E-state index contributed by atoms with van der Waals surface area (Å²) >= 11 is 7.79. The lowest BCUT2D eigenvalue weighted by Crippen LogP contribution is -2.16. The average molecular weight is 484 g/mol. The number of aromatic nitrogens is 4. The number of benzene rings is 3. The van der Waals surface area contributed by atoms with Crippen molar-refractivity contribution in [1.29, 1.82) is 0 Å². The molecule has 0 aliphatic heterocycles. The van der Waals surface area contributed by atoms with Crippen molar-refractivity contribution in [1.82, 2.24) is 25.5 Å². The molecule has 0 saturated carbocycles. The summed E-state index contributed by atoms with van der Waals surface area (Å²) in [7, 11) is 0. The first-order chi connectivity index (χ1) is 16.2. The number of hydrogen-bond donors (Lipinski definition) is 1. The van der Waals surface area contributed by atoms with Crippen LogP contribution in [0.1, 0.15) is 17.5 Å². The quantitative estimate of drug-likeness (QED) is 0.230.